The molecule has 0 radical (unpaired) electrons. The molecule has 0 fully saturated rings. The molecule has 4 aromatic rings. The fourth-order valence-corrected chi connectivity index (χ4v) is 3.31. The molecule has 0 bridgehead atoms. The Bertz CT molecular complexity index is 1010. The van der Waals surface area contributed by atoms with Crippen molar-refractivity contribution in [2.24, 2.45) is 0 Å². The van der Waals surface area contributed by atoms with Crippen LogP contribution in [0.4, 0.5) is 5.69 Å². The topological polar surface area (TPSA) is 17.0 Å². The van der Waals surface area contributed by atoms with Crippen LogP contribution in [0.5, 0.6) is 0 Å². The lowest BCUT2D eigenvalue weighted by Gasteiger charge is -2.06. The van der Waals surface area contributed by atoms with Crippen LogP contribution in [0.25, 0.3) is 10.9 Å². The van der Waals surface area contributed by atoms with Gasteiger partial charge in [-0.1, -0.05) is 77.9 Å². The van der Waals surface area contributed by atoms with Crippen LogP contribution in [0.15, 0.2) is 79.0 Å². The maximum atomic E-state index is 3.62. The Morgan fingerprint density at radius 3 is 2.04 bits per heavy atom. The average Bonchev–Trinajstić information content (AvgIpc) is 3.01. The van der Waals surface area contributed by atoms with Gasteiger partial charge < -0.3 is 9.88 Å². The summed E-state index contributed by atoms with van der Waals surface area (Å²) in [5.41, 5.74) is 7.66. The summed E-state index contributed by atoms with van der Waals surface area (Å²) in [6.45, 7) is 5.96. The number of nitrogens with one attached hydrogen (secondary N) is 1. The molecule has 1 aromatic heterocycles. The van der Waals surface area contributed by atoms with Gasteiger partial charge in [0, 0.05) is 24.7 Å². The Labute approximate surface area is 155 Å². The van der Waals surface area contributed by atoms with Gasteiger partial charge in [0.2, 0.25) is 0 Å². The molecule has 4 rings (SSSR count). The van der Waals surface area contributed by atoms with Crippen LogP contribution >= 0.6 is 0 Å². The van der Waals surface area contributed by atoms with Crippen LogP contribution in [0.2, 0.25) is 0 Å². The van der Waals surface area contributed by atoms with Crippen LogP contribution in [0, 0.1) is 13.8 Å². The molecular weight excluding hydrogens is 316 g/mol. The largest absolute Gasteiger partial charge is 0.379 e. The van der Waals surface area contributed by atoms with Gasteiger partial charge in [-0.2, -0.15) is 0 Å². The van der Waals surface area contributed by atoms with Gasteiger partial charge in [0.25, 0.3) is 0 Å². The third kappa shape index (κ3) is 3.50. The van der Waals surface area contributed by atoms with Gasteiger partial charge in [0.1, 0.15) is 0 Å². The van der Waals surface area contributed by atoms with Crippen molar-refractivity contribution >= 4 is 16.6 Å². The van der Waals surface area contributed by atoms with Gasteiger partial charge >= 0.3 is 0 Å². The first-order chi connectivity index (χ1) is 12.7. The van der Waals surface area contributed by atoms with Crippen LogP contribution in [-0.4, -0.2) is 4.57 Å². The number of aryl methyl sites for hydroxylation is 2. The maximum absolute atomic E-state index is 3.62. The molecule has 0 saturated heterocycles. The Hall–Kier alpha value is -3.00. The molecule has 1 N–H and O–H groups in total. The first kappa shape index (κ1) is 16.5. The van der Waals surface area contributed by atoms with Gasteiger partial charge in [0.05, 0.1) is 11.2 Å². The summed E-state index contributed by atoms with van der Waals surface area (Å²) in [7, 11) is 0. The van der Waals surface area contributed by atoms with Crippen LogP contribution in [-0.2, 0) is 13.1 Å². The minimum absolute atomic E-state index is 0.832. The third-order valence-electron chi connectivity index (χ3n) is 4.87. The molecule has 2 nitrogen and oxygen atoms in total. The molecule has 0 aliphatic rings. The molecule has 0 unspecified atom stereocenters. The zero-order chi connectivity index (χ0) is 17.9. The molecule has 0 aliphatic carbocycles. The number of para-hydroxylation sites is 1. The number of anilines is 1. The van der Waals surface area contributed by atoms with Gasteiger partial charge in [-0.25, -0.2) is 0 Å². The molecule has 130 valence electrons. The molecule has 0 aliphatic heterocycles. The average molecular weight is 340 g/mol. The Morgan fingerprint density at radius 2 is 1.35 bits per heavy atom. The molecular formula is C24H24N2. The number of fused-ring (bicyclic) bond motifs is 1. The van der Waals surface area contributed by atoms with Crippen molar-refractivity contribution < 1.29 is 0 Å². The predicted molar refractivity (Wildman–Crippen MR) is 111 cm³/mol. The maximum Gasteiger partial charge on any atom is 0.0602 e. The van der Waals surface area contributed by atoms with E-state index in [4.69, 9.17) is 0 Å². The molecule has 0 atom stereocenters. The molecule has 26 heavy (non-hydrogen) atoms. The first-order valence-electron chi connectivity index (χ1n) is 9.12. The number of nitrogens with zero attached hydrogens (tertiary/aromatic N) is 1. The lowest BCUT2D eigenvalue weighted by Crippen LogP contribution is -2.00. The van der Waals surface area contributed by atoms with E-state index in [1.54, 1.807) is 0 Å². The highest BCUT2D eigenvalue weighted by Gasteiger charge is 2.08. The summed E-state index contributed by atoms with van der Waals surface area (Å²) in [6.07, 6.45) is 2.23. The van der Waals surface area contributed by atoms with Crippen molar-refractivity contribution in [2.75, 3.05) is 5.32 Å². The molecule has 2 heteroatoms. The third-order valence-corrected chi connectivity index (χ3v) is 4.87. The zero-order valence-electron chi connectivity index (χ0n) is 15.4. The monoisotopic (exact) mass is 340 g/mol. The Kier molecular flexibility index (Phi) is 4.49. The van der Waals surface area contributed by atoms with Gasteiger partial charge in [-0.05, 0) is 31.0 Å². The highest BCUT2D eigenvalue weighted by Crippen LogP contribution is 2.27. The number of benzene rings is 3. The second kappa shape index (κ2) is 7.09. The number of aromatic nitrogens is 1. The highest BCUT2D eigenvalue weighted by atomic mass is 15.0. The summed E-state index contributed by atoms with van der Waals surface area (Å²) >= 11 is 0. The summed E-state index contributed by atoms with van der Waals surface area (Å²) in [5, 5.41) is 4.89. The Morgan fingerprint density at radius 1 is 0.731 bits per heavy atom. The van der Waals surface area contributed by atoms with E-state index >= 15 is 0 Å². The van der Waals surface area contributed by atoms with E-state index in [2.05, 4.69) is 103 Å². The fraction of sp³-hybridized carbons (Fsp3) is 0.167. The van der Waals surface area contributed by atoms with E-state index in [0.717, 1.165) is 13.1 Å². The summed E-state index contributed by atoms with van der Waals surface area (Å²) in [6, 6.07) is 26.1. The second-order valence-corrected chi connectivity index (χ2v) is 7.01. The number of rotatable bonds is 5. The standard InChI is InChI=1S/C24H24N2/c1-18-7-11-20(12-8-18)15-25-23-17-26(24-6-4-3-5-22(23)24)16-21-13-9-19(2)10-14-21/h3-14,17,25H,15-16H2,1-2H3. The van der Waals surface area contributed by atoms with Crippen molar-refractivity contribution in [1.29, 1.82) is 0 Å². The number of hydrogen-bond acceptors (Lipinski definition) is 1. The van der Waals surface area contributed by atoms with Crippen molar-refractivity contribution in [3.05, 3.63) is 101 Å². The normalized spacial score (nSPS) is 11.0. The van der Waals surface area contributed by atoms with E-state index in [1.165, 1.54) is 38.8 Å². The summed E-state index contributed by atoms with van der Waals surface area (Å²) in [4.78, 5) is 0. The van der Waals surface area contributed by atoms with Crippen LogP contribution in [0.1, 0.15) is 22.3 Å². The minimum atomic E-state index is 0.832. The van der Waals surface area contributed by atoms with E-state index in [-0.39, 0.29) is 0 Å². The van der Waals surface area contributed by atoms with Gasteiger partial charge in [-0.3, -0.25) is 0 Å². The highest BCUT2D eigenvalue weighted by molar-refractivity contribution is 5.93. The van der Waals surface area contributed by atoms with E-state index in [0.29, 0.717) is 0 Å². The SMILES string of the molecule is Cc1ccc(CNc2cn(Cc3ccc(C)cc3)c3ccccc23)cc1. The van der Waals surface area contributed by atoms with Crippen LogP contribution in [0.3, 0.4) is 0 Å². The lowest BCUT2D eigenvalue weighted by atomic mass is 10.1. The van der Waals surface area contributed by atoms with Crippen LogP contribution < -0.4 is 5.32 Å². The van der Waals surface area contributed by atoms with E-state index < -0.39 is 0 Å². The van der Waals surface area contributed by atoms with Crippen molar-refractivity contribution in [1.82, 2.24) is 4.57 Å². The van der Waals surface area contributed by atoms with E-state index in [1.807, 2.05) is 0 Å². The predicted octanol–water partition coefficient (Wildman–Crippen LogP) is 5.92. The molecule has 0 spiro atoms. The molecule has 1 heterocycles. The fourth-order valence-electron chi connectivity index (χ4n) is 3.31. The smallest absolute Gasteiger partial charge is 0.0602 e. The van der Waals surface area contributed by atoms with Crippen molar-refractivity contribution in [3.8, 4) is 0 Å². The quantitative estimate of drug-likeness (QED) is 0.477. The zero-order valence-corrected chi connectivity index (χ0v) is 15.4. The summed E-state index contributed by atoms with van der Waals surface area (Å²) < 4.78 is 2.33. The van der Waals surface area contributed by atoms with Crippen molar-refractivity contribution in [3.63, 3.8) is 0 Å². The first-order valence-corrected chi connectivity index (χ1v) is 9.12. The Balaban J connectivity index is 1.60. The number of hydrogen-bond donors (Lipinski definition) is 1. The van der Waals surface area contributed by atoms with Gasteiger partial charge in [-0.15, -0.1) is 0 Å². The lowest BCUT2D eigenvalue weighted by molar-refractivity contribution is 0.836. The summed E-state index contributed by atoms with van der Waals surface area (Å²) in [5.74, 6) is 0. The minimum Gasteiger partial charge on any atom is -0.379 e. The van der Waals surface area contributed by atoms with E-state index in [9.17, 15) is 0 Å². The second-order valence-electron chi connectivity index (χ2n) is 7.01. The molecule has 0 saturated carbocycles. The molecule has 3 aromatic carbocycles. The molecule has 0 amide bonds. The van der Waals surface area contributed by atoms with Gasteiger partial charge in [0.15, 0.2) is 0 Å². The van der Waals surface area contributed by atoms with Crippen molar-refractivity contribution in [2.45, 2.75) is 26.9 Å².